The second kappa shape index (κ2) is 5.13. The molecule has 2 rings (SSSR count). The minimum atomic E-state index is -4.09. The normalized spacial score (nSPS) is 19.8. The first-order valence-electron chi connectivity index (χ1n) is 5.43. The van der Waals surface area contributed by atoms with Gasteiger partial charge in [-0.2, -0.15) is 18.3 Å². The van der Waals surface area contributed by atoms with Gasteiger partial charge in [0.05, 0.1) is 22.4 Å². The highest BCUT2D eigenvalue weighted by Crippen LogP contribution is 2.25. The smallest absolute Gasteiger partial charge is 0.295 e. The van der Waals surface area contributed by atoms with Crippen LogP contribution in [-0.2, 0) is 0 Å². The molecule has 0 radical (unpaired) electrons. The molecule has 1 aliphatic heterocycles. The Morgan fingerprint density at radius 3 is 2.47 bits per heavy atom. The van der Waals surface area contributed by atoms with Crippen LogP contribution in [0.4, 0.5) is 13.2 Å². The maximum absolute atomic E-state index is 12.2. The minimum Gasteiger partial charge on any atom is -0.295 e. The van der Waals surface area contributed by atoms with Gasteiger partial charge in [0.1, 0.15) is 0 Å². The van der Waals surface area contributed by atoms with Crippen molar-refractivity contribution < 1.29 is 13.2 Å². The summed E-state index contributed by atoms with van der Waals surface area (Å²) in [5, 5.41) is 4.21. The average Bonchev–Trinajstić information content (AvgIpc) is 2.63. The third kappa shape index (κ3) is 3.84. The van der Waals surface area contributed by atoms with E-state index in [1.165, 1.54) is 4.90 Å². The summed E-state index contributed by atoms with van der Waals surface area (Å²) in [6.45, 7) is 0.178. The zero-order valence-electron chi connectivity index (χ0n) is 9.12. The second-order valence-corrected chi connectivity index (χ2v) is 5.51. The first-order chi connectivity index (χ1) is 7.94. The van der Waals surface area contributed by atoms with E-state index in [0.29, 0.717) is 13.1 Å². The summed E-state index contributed by atoms with van der Waals surface area (Å²) in [5.41, 5.74) is 0. The van der Waals surface area contributed by atoms with E-state index < -0.39 is 12.7 Å². The molecule has 1 aromatic heterocycles. The molecule has 96 valence electrons. The first kappa shape index (κ1) is 13.1. The van der Waals surface area contributed by atoms with Gasteiger partial charge in [0.25, 0.3) is 0 Å². The SMILES string of the molecule is FC(F)(F)CN1CCC(n2cc(I)cn2)CC1. The summed E-state index contributed by atoms with van der Waals surface area (Å²) < 4.78 is 39.5. The Morgan fingerprint density at radius 2 is 2.00 bits per heavy atom. The number of halogens is 4. The molecule has 0 bridgehead atoms. The number of likely N-dealkylation sites (tertiary alicyclic amines) is 1. The van der Waals surface area contributed by atoms with Gasteiger partial charge in [-0.1, -0.05) is 0 Å². The molecule has 0 unspecified atom stereocenters. The number of piperidine rings is 1. The minimum absolute atomic E-state index is 0.239. The highest BCUT2D eigenvalue weighted by Gasteiger charge is 2.32. The molecule has 7 heteroatoms. The molecule has 0 aromatic carbocycles. The molecule has 1 fully saturated rings. The lowest BCUT2D eigenvalue weighted by Crippen LogP contribution is -2.40. The van der Waals surface area contributed by atoms with Crippen LogP contribution in [0.1, 0.15) is 18.9 Å². The monoisotopic (exact) mass is 359 g/mol. The van der Waals surface area contributed by atoms with Crippen LogP contribution in [0.15, 0.2) is 12.4 Å². The third-order valence-corrected chi connectivity index (χ3v) is 3.46. The van der Waals surface area contributed by atoms with Crippen molar-refractivity contribution in [1.29, 1.82) is 0 Å². The van der Waals surface area contributed by atoms with E-state index >= 15 is 0 Å². The molecule has 0 saturated carbocycles. The lowest BCUT2D eigenvalue weighted by molar-refractivity contribution is -0.148. The van der Waals surface area contributed by atoms with Gasteiger partial charge in [-0.25, -0.2) is 0 Å². The lowest BCUT2D eigenvalue weighted by atomic mass is 10.1. The van der Waals surface area contributed by atoms with Crippen molar-refractivity contribution in [3.63, 3.8) is 0 Å². The Kier molecular flexibility index (Phi) is 3.96. The van der Waals surface area contributed by atoms with E-state index in [0.717, 1.165) is 16.4 Å². The highest BCUT2D eigenvalue weighted by molar-refractivity contribution is 14.1. The number of alkyl halides is 3. The number of nitrogens with zero attached hydrogens (tertiary/aromatic N) is 3. The van der Waals surface area contributed by atoms with Gasteiger partial charge in [0, 0.05) is 19.3 Å². The van der Waals surface area contributed by atoms with Crippen LogP contribution in [0.3, 0.4) is 0 Å². The average molecular weight is 359 g/mol. The topological polar surface area (TPSA) is 21.1 Å². The molecular formula is C10H13F3IN3. The second-order valence-electron chi connectivity index (χ2n) is 4.26. The lowest BCUT2D eigenvalue weighted by Gasteiger charge is -2.32. The molecule has 2 heterocycles. The van der Waals surface area contributed by atoms with E-state index in [1.54, 1.807) is 6.20 Å². The fourth-order valence-electron chi connectivity index (χ4n) is 2.11. The largest absolute Gasteiger partial charge is 0.401 e. The Labute approximate surface area is 111 Å². The van der Waals surface area contributed by atoms with Crippen LogP contribution in [-0.4, -0.2) is 40.5 Å². The highest BCUT2D eigenvalue weighted by atomic mass is 127. The van der Waals surface area contributed by atoms with Crippen LogP contribution in [0, 0.1) is 3.57 Å². The maximum Gasteiger partial charge on any atom is 0.401 e. The molecule has 0 amide bonds. The van der Waals surface area contributed by atoms with Gasteiger partial charge in [-0.05, 0) is 35.4 Å². The van der Waals surface area contributed by atoms with Crippen molar-refractivity contribution in [3.8, 4) is 0 Å². The molecular weight excluding hydrogens is 346 g/mol. The molecule has 0 aliphatic carbocycles. The van der Waals surface area contributed by atoms with E-state index in [-0.39, 0.29) is 6.04 Å². The van der Waals surface area contributed by atoms with Crippen LogP contribution in [0.25, 0.3) is 0 Å². The first-order valence-corrected chi connectivity index (χ1v) is 6.51. The van der Waals surface area contributed by atoms with Gasteiger partial charge < -0.3 is 0 Å². The Morgan fingerprint density at radius 1 is 1.35 bits per heavy atom. The van der Waals surface area contributed by atoms with E-state index in [9.17, 15) is 13.2 Å². The van der Waals surface area contributed by atoms with Gasteiger partial charge in [0.15, 0.2) is 0 Å². The molecule has 1 saturated heterocycles. The number of rotatable bonds is 2. The van der Waals surface area contributed by atoms with Crippen molar-refractivity contribution in [2.24, 2.45) is 0 Å². The van der Waals surface area contributed by atoms with Gasteiger partial charge >= 0.3 is 6.18 Å². The van der Waals surface area contributed by atoms with E-state index in [2.05, 4.69) is 27.7 Å². The van der Waals surface area contributed by atoms with Crippen LogP contribution in [0.2, 0.25) is 0 Å². The van der Waals surface area contributed by atoms with E-state index in [4.69, 9.17) is 0 Å². The quantitative estimate of drug-likeness (QED) is 0.758. The molecule has 0 atom stereocenters. The summed E-state index contributed by atoms with van der Waals surface area (Å²) in [5.74, 6) is 0. The van der Waals surface area contributed by atoms with Crippen molar-refractivity contribution in [2.75, 3.05) is 19.6 Å². The van der Waals surface area contributed by atoms with E-state index in [1.807, 2.05) is 10.9 Å². The fourth-order valence-corrected chi connectivity index (χ4v) is 2.52. The molecule has 1 aliphatic rings. The van der Waals surface area contributed by atoms with Crippen LogP contribution in [0.5, 0.6) is 0 Å². The van der Waals surface area contributed by atoms with Gasteiger partial charge in [-0.3, -0.25) is 9.58 Å². The fraction of sp³-hybridized carbons (Fsp3) is 0.700. The summed E-state index contributed by atoms with van der Waals surface area (Å²) in [4.78, 5) is 1.46. The summed E-state index contributed by atoms with van der Waals surface area (Å²) >= 11 is 2.18. The Balaban J connectivity index is 1.86. The Hall–Kier alpha value is -0.310. The van der Waals surface area contributed by atoms with Crippen LogP contribution < -0.4 is 0 Å². The standard InChI is InChI=1S/C10H13F3IN3/c11-10(12,13)7-16-3-1-9(2-4-16)17-6-8(14)5-15-17/h5-6,9H,1-4,7H2. The number of aromatic nitrogens is 2. The van der Waals surface area contributed by atoms with Gasteiger partial charge in [-0.15, -0.1) is 0 Å². The van der Waals surface area contributed by atoms with Gasteiger partial charge in [0.2, 0.25) is 0 Å². The summed E-state index contributed by atoms with van der Waals surface area (Å²) in [7, 11) is 0. The molecule has 0 spiro atoms. The third-order valence-electron chi connectivity index (χ3n) is 2.90. The van der Waals surface area contributed by atoms with Crippen LogP contribution >= 0.6 is 22.6 Å². The summed E-state index contributed by atoms with van der Waals surface area (Å²) in [6.07, 6.45) is 1.07. The van der Waals surface area contributed by atoms with Crippen molar-refractivity contribution in [1.82, 2.24) is 14.7 Å². The predicted molar refractivity (Wildman–Crippen MR) is 65.7 cm³/mol. The molecule has 17 heavy (non-hydrogen) atoms. The van der Waals surface area contributed by atoms with Crippen molar-refractivity contribution in [3.05, 3.63) is 16.0 Å². The number of hydrogen-bond donors (Lipinski definition) is 0. The van der Waals surface area contributed by atoms with Crippen molar-refractivity contribution in [2.45, 2.75) is 25.1 Å². The molecule has 0 N–H and O–H groups in total. The predicted octanol–water partition coefficient (Wildman–Crippen LogP) is 2.69. The zero-order chi connectivity index (χ0) is 12.5. The Bertz CT molecular complexity index is 369. The zero-order valence-corrected chi connectivity index (χ0v) is 11.3. The molecule has 1 aromatic rings. The van der Waals surface area contributed by atoms with Crippen molar-refractivity contribution >= 4 is 22.6 Å². The summed E-state index contributed by atoms with van der Waals surface area (Å²) in [6, 6.07) is 0.239. The maximum atomic E-state index is 12.2. The molecule has 3 nitrogen and oxygen atoms in total. The number of hydrogen-bond acceptors (Lipinski definition) is 2.